The average Bonchev–Trinajstić information content (AvgIpc) is 3.27. The Morgan fingerprint density at radius 3 is 2.97 bits per heavy atom. The van der Waals surface area contributed by atoms with Crippen LogP contribution in [0.1, 0.15) is 24.3 Å². The maximum absolute atomic E-state index is 12.9. The van der Waals surface area contributed by atoms with Crippen molar-refractivity contribution in [1.82, 2.24) is 15.0 Å². The second-order valence-electron chi connectivity index (χ2n) is 8.07. The number of aromatic nitrogens is 2. The molecule has 0 bridgehead atoms. The van der Waals surface area contributed by atoms with Crippen LogP contribution in [0.5, 0.6) is 5.75 Å². The molecule has 1 atom stereocenters. The van der Waals surface area contributed by atoms with E-state index in [-0.39, 0.29) is 11.8 Å². The lowest BCUT2D eigenvalue weighted by atomic mass is 9.97. The van der Waals surface area contributed by atoms with Crippen molar-refractivity contribution < 1.29 is 14.1 Å². The first kappa shape index (κ1) is 21.8. The highest BCUT2D eigenvalue weighted by molar-refractivity contribution is 5.92. The minimum atomic E-state index is -0.0963. The fourth-order valence-electron chi connectivity index (χ4n) is 3.81. The Morgan fingerprint density at radius 1 is 1.31 bits per heavy atom. The smallest absolute Gasteiger partial charge is 0.241 e. The first-order chi connectivity index (χ1) is 15.6. The van der Waals surface area contributed by atoms with E-state index in [0.717, 1.165) is 30.6 Å². The number of benzene rings is 2. The van der Waals surface area contributed by atoms with Gasteiger partial charge in [-0.3, -0.25) is 9.69 Å². The van der Waals surface area contributed by atoms with E-state index < -0.39 is 0 Å². The number of carbonyl (C=O) groups excluding carboxylic acids is 1. The minimum Gasteiger partial charge on any atom is -0.489 e. The molecule has 4 rings (SSSR count). The third-order valence-corrected chi connectivity index (χ3v) is 5.48. The molecule has 0 radical (unpaired) electrons. The van der Waals surface area contributed by atoms with Gasteiger partial charge in [0.25, 0.3) is 0 Å². The van der Waals surface area contributed by atoms with E-state index in [2.05, 4.69) is 26.9 Å². The van der Waals surface area contributed by atoms with E-state index >= 15 is 0 Å². The van der Waals surface area contributed by atoms with Crippen LogP contribution in [0.25, 0.3) is 11.4 Å². The number of nitrogens with one attached hydrogen (secondary N) is 1. The van der Waals surface area contributed by atoms with Gasteiger partial charge in [0.05, 0.1) is 12.5 Å². The summed E-state index contributed by atoms with van der Waals surface area (Å²) < 4.78 is 11.0. The molecule has 7 heteroatoms. The number of carbonyl (C=O) groups is 1. The topological polar surface area (TPSA) is 80.5 Å². The van der Waals surface area contributed by atoms with Crippen LogP contribution in [0.15, 0.2) is 65.7 Å². The maximum Gasteiger partial charge on any atom is 0.241 e. The maximum atomic E-state index is 12.9. The van der Waals surface area contributed by atoms with Crippen LogP contribution in [-0.2, 0) is 11.3 Å². The third kappa shape index (κ3) is 5.62. The van der Waals surface area contributed by atoms with Crippen molar-refractivity contribution >= 4 is 11.6 Å². The number of ether oxygens (including phenoxy) is 1. The summed E-state index contributed by atoms with van der Waals surface area (Å²) in [4.78, 5) is 19.6. The van der Waals surface area contributed by atoms with Crippen LogP contribution in [0.3, 0.4) is 0 Å². The highest BCUT2D eigenvalue weighted by atomic mass is 16.5. The lowest BCUT2D eigenvalue weighted by molar-refractivity contribution is -0.121. The van der Waals surface area contributed by atoms with Gasteiger partial charge in [0.2, 0.25) is 17.6 Å². The fourth-order valence-corrected chi connectivity index (χ4v) is 3.81. The molecule has 1 saturated heterocycles. The summed E-state index contributed by atoms with van der Waals surface area (Å²) in [7, 11) is 0. The van der Waals surface area contributed by atoms with Gasteiger partial charge < -0.3 is 14.6 Å². The molecule has 2 heterocycles. The van der Waals surface area contributed by atoms with Gasteiger partial charge >= 0.3 is 0 Å². The normalized spacial score (nSPS) is 16.5. The average molecular weight is 433 g/mol. The lowest BCUT2D eigenvalue weighted by Gasteiger charge is -2.30. The standard InChI is InChI=1S/C25H28N4O3/c1-3-14-31-22-8-4-7-21(15-22)26-25(30)20-6-5-13-29(16-20)17-23-27-24(28-32-23)19-11-9-18(2)10-12-19/h3-4,7-12,15,20H,1,5-6,13-14,16-17H2,2H3,(H,26,30). The summed E-state index contributed by atoms with van der Waals surface area (Å²) in [6, 6.07) is 15.4. The number of nitrogens with zero attached hydrogens (tertiary/aromatic N) is 3. The number of piperidine rings is 1. The molecule has 1 amide bonds. The minimum absolute atomic E-state index is 0.0152. The monoisotopic (exact) mass is 432 g/mol. The highest BCUT2D eigenvalue weighted by Crippen LogP contribution is 2.23. The van der Waals surface area contributed by atoms with E-state index in [9.17, 15) is 4.79 Å². The fraction of sp³-hybridized carbons (Fsp3) is 0.320. The van der Waals surface area contributed by atoms with Crippen LogP contribution < -0.4 is 10.1 Å². The summed E-state index contributed by atoms with van der Waals surface area (Å²) >= 11 is 0. The predicted molar refractivity (Wildman–Crippen MR) is 123 cm³/mol. The molecular weight excluding hydrogens is 404 g/mol. The molecule has 1 aliphatic heterocycles. The predicted octanol–water partition coefficient (Wildman–Crippen LogP) is 4.46. The number of amides is 1. The second kappa shape index (κ2) is 10.2. The summed E-state index contributed by atoms with van der Waals surface area (Å²) in [6.07, 6.45) is 3.49. The van der Waals surface area contributed by atoms with Gasteiger partial charge in [-0.1, -0.05) is 53.7 Å². The Morgan fingerprint density at radius 2 is 2.16 bits per heavy atom. The molecule has 166 valence electrons. The molecule has 0 saturated carbocycles. The quantitative estimate of drug-likeness (QED) is 0.530. The Labute approximate surface area is 188 Å². The summed E-state index contributed by atoms with van der Waals surface area (Å²) in [5, 5.41) is 7.13. The first-order valence-corrected chi connectivity index (χ1v) is 10.9. The van der Waals surface area contributed by atoms with Crippen LogP contribution in [0, 0.1) is 12.8 Å². The molecule has 3 aromatic rings. The molecule has 1 aromatic heterocycles. The van der Waals surface area contributed by atoms with E-state index in [0.29, 0.717) is 37.2 Å². The van der Waals surface area contributed by atoms with Gasteiger partial charge in [0.15, 0.2) is 0 Å². The molecule has 1 fully saturated rings. The number of aryl methyl sites for hydroxylation is 1. The van der Waals surface area contributed by atoms with E-state index in [1.165, 1.54) is 5.56 Å². The van der Waals surface area contributed by atoms with E-state index in [4.69, 9.17) is 9.26 Å². The summed E-state index contributed by atoms with van der Waals surface area (Å²) in [5.74, 6) is 1.77. The van der Waals surface area contributed by atoms with Crippen molar-refractivity contribution in [2.75, 3.05) is 25.0 Å². The zero-order chi connectivity index (χ0) is 22.3. The van der Waals surface area contributed by atoms with Crippen LogP contribution in [-0.4, -0.2) is 40.6 Å². The Bertz CT molecular complexity index is 1060. The molecule has 1 unspecified atom stereocenters. The number of rotatable bonds is 8. The van der Waals surface area contributed by atoms with Crippen LogP contribution in [0.2, 0.25) is 0 Å². The number of anilines is 1. The van der Waals surface area contributed by atoms with Gasteiger partial charge in [0, 0.05) is 23.9 Å². The van der Waals surface area contributed by atoms with Crippen LogP contribution in [0.4, 0.5) is 5.69 Å². The van der Waals surface area contributed by atoms with Gasteiger partial charge in [-0.05, 0) is 38.4 Å². The first-order valence-electron chi connectivity index (χ1n) is 10.9. The molecule has 32 heavy (non-hydrogen) atoms. The van der Waals surface area contributed by atoms with Crippen molar-refractivity contribution in [3.8, 4) is 17.1 Å². The van der Waals surface area contributed by atoms with Crippen molar-refractivity contribution in [3.05, 3.63) is 72.6 Å². The molecule has 1 N–H and O–H groups in total. The highest BCUT2D eigenvalue weighted by Gasteiger charge is 2.27. The lowest BCUT2D eigenvalue weighted by Crippen LogP contribution is -2.40. The SMILES string of the molecule is C=CCOc1cccc(NC(=O)C2CCCN(Cc3nc(-c4ccc(C)cc4)no3)C2)c1. The molecule has 0 spiro atoms. The Hall–Kier alpha value is -3.45. The van der Waals surface area contributed by atoms with E-state index in [1.54, 1.807) is 6.08 Å². The van der Waals surface area contributed by atoms with Crippen molar-refractivity contribution in [3.63, 3.8) is 0 Å². The Balaban J connectivity index is 1.34. The summed E-state index contributed by atoms with van der Waals surface area (Å²) in [5.41, 5.74) is 2.85. The Kier molecular flexibility index (Phi) is 6.97. The number of hydrogen-bond acceptors (Lipinski definition) is 6. The van der Waals surface area contributed by atoms with Gasteiger partial charge in [-0.2, -0.15) is 4.98 Å². The molecular formula is C25H28N4O3. The zero-order valence-electron chi connectivity index (χ0n) is 18.3. The van der Waals surface area contributed by atoms with Gasteiger partial charge in [-0.15, -0.1) is 0 Å². The molecule has 0 aliphatic carbocycles. The largest absolute Gasteiger partial charge is 0.489 e. The van der Waals surface area contributed by atoms with Crippen molar-refractivity contribution in [2.24, 2.45) is 5.92 Å². The van der Waals surface area contributed by atoms with Crippen molar-refractivity contribution in [1.29, 1.82) is 0 Å². The summed E-state index contributed by atoms with van der Waals surface area (Å²) in [6.45, 7) is 8.21. The second-order valence-corrected chi connectivity index (χ2v) is 8.07. The molecule has 1 aliphatic rings. The number of likely N-dealkylation sites (tertiary alicyclic amines) is 1. The number of hydrogen-bond donors (Lipinski definition) is 1. The zero-order valence-corrected chi connectivity index (χ0v) is 18.3. The van der Waals surface area contributed by atoms with E-state index in [1.807, 2.05) is 55.5 Å². The van der Waals surface area contributed by atoms with Crippen molar-refractivity contribution in [2.45, 2.75) is 26.3 Å². The van der Waals surface area contributed by atoms with Gasteiger partial charge in [-0.25, -0.2) is 0 Å². The van der Waals surface area contributed by atoms with Gasteiger partial charge in [0.1, 0.15) is 12.4 Å². The molecule has 2 aromatic carbocycles. The molecule has 7 nitrogen and oxygen atoms in total. The third-order valence-electron chi connectivity index (χ3n) is 5.48. The van der Waals surface area contributed by atoms with Crippen LogP contribution >= 0.6 is 0 Å².